The first kappa shape index (κ1) is 14.4. The van der Waals surface area contributed by atoms with Crippen LogP contribution in [-0.2, 0) is 6.42 Å². The Labute approximate surface area is 126 Å². The molecule has 1 aromatic rings. The van der Waals surface area contributed by atoms with Gasteiger partial charge in [0, 0.05) is 30.1 Å². The van der Waals surface area contributed by atoms with E-state index in [0.29, 0.717) is 5.92 Å². The van der Waals surface area contributed by atoms with Crippen LogP contribution in [0, 0.1) is 5.92 Å². The van der Waals surface area contributed by atoms with Crippen molar-refractivity contribution >= 4 is 11.6 Å². The second-order valence-corrected chi connectivity index (χ2v) is 6.82. The third-order valence-corrected chi connectivity index (χ3v) is 5.23. The largest absolute Gasteiger partial charge is 0.393 e. The number of aliphatic hydroxyl groups excluding tert-OH is 1. The van der Waals surface area contributed by atoms with Crippen LogP contribution in [0.3, 0.4) is 0 Å². The molecular weight excluding hydrogens is 270 g/mol. The molecule has 2 aliphatic rings. The molecule has 2 atom stereocenters. The summed E-state index contributed by atoms with van der Waals surface area (Å²) in [4.78, 5) is 2.63. The van der Waals surface area contributed by atoms with Crippen molar-refractivity contribution in [2.45, 2.75) is 50.7 Å². The lowest BCUT2D eigenvalue weighted by Crippen LogP contribution is -2.47. The SMILES string of the molecule is O[C@H]1CCN(C2CCCC2)C[C@H]1Cc1ccc(Cl)cc1. The minimum absolute atomic E-state index is 0.150. The molecule has 1 N–H and O–H groups in total. The first-order valence-electron chi connectivity index (χ1n) is 7.89. The number of hydrogen-bond acceptors (Lipinski definition) is 2. The van der Waals surface area contributed by atoms with Crippen LogP contribution in [0.1, 0.15) is 37.7 Å². The van der Waals surface area contributed by atoms with Gasteiger partial charge in [-0.05, 0) is 43.4 Å². The first-order chi connectivity index (χ1) is 9.72. The number of rotatable bonds is 3. The van der Waals surface area contributed by atoms with Crippen molar-refractivity contribution in [3.05, 3.63) is 34.9 Å². The van der Waals surface area contributed by atoms with Crippen molar-refractivity contribution in [2.75, 3.05) is 13.1 Å². The van der Waals surface area contributed by atoms with E-state index in [1.165, 1.54) is 31.2 Å². The predicted molar refractivity (Wildman–Crippen MR) is 83.1 cm³/mol. The minimum atomic E-state index is -0.150. The van der Waals surface area contributed by atoms with Crippen LogP contribution < -0.4 is 0 Å². The fourth-order valence-electron chi connectivity index (χ4n) is 3.77. The monoisotopic (exact) mass is 293 g/mol. The van der Waals surface area contributed by atoms with Gasteiger partial charge < -0.3 is 5.11 Å². The van der Waals surface area contributed by atoms with Crippen LogP contribution in [0.15, 0.2) is 24.3 Å². The van der Waals surface area contributed by atoms with Gasteiger partial charge in [-0.2, -0.15) is 0 Å². The van der Waals surface area contributed by atoms with E-state index in [2.05, 4.69) is 17.0 Å². The second kappa shape index (κ2) is 6.46. The number of nitrogens with zero attached hydrogens (tertiary/aromatic N) is 1. The number of piperidine rings is 1. The maximum atomic E-state index is 10.3. The Morgan fingerprint density at radius 3 is 2.50 bits per heavy atom. The average Bonchev–Trinajstić information content (AvgIpc) is 2.98. The minimum Gasteiger partial charge on any atom is -0.393 e. The maximum Gasteiger partial charge on any atom is 0.0596 e. The van der Waals surface area contributed by atoms with E-state index in [0.717, 1.165) is 37.0 Å². The molecule has 1 aliphatic carbocycles. The number of aliphatic hydroxyl groups is 1. The maximum absolute atomic E-state index is 10.3. The van der Waals surface area contributed by atoms with Crippen LogP contribution in [0.2, 0.25) is 5.02 Å². The Balaban J connectivity index is 1.62. The molecule has 0 spiro atoms. The second-order valence-electron chi connectivity index (χ2n) is 6.38. The molecule has 1 saturated carbocycles. The van der Waals surface area contributed by atoms with E-state index in [1.807, 2.05) is 12.1 Å². The van der Waals surface area contributed by atoms with E-state index in [9.17, 15) is 5.11 Å². The van der Waals surface area contributed by atoms with E-state index in [-0.39, 0.29) is 6.10 Å². The number of likely N-dealkylation sites (tertiary alicyclic amines) is 1. The van der Waals surface area contributed by atoms with E-state index < -0.39 is 0 Å². The average molecular weight is 294 g/mol. The molecule has 0 radical (unpaired) electrons. The molecule has 1 aliphatic heterocycles. The highest BCUT2D eigenvalue weighted by molar-refractivity contribution is 6.30. The number of halogens is 1. The standard InChI is InChI=1S/C17H24ClNO/c18-15-7-5-13(6-8-15)11-14-12-19(10-9-17(14)20)16-3-1-2-4-16/h5-8,14,16-17,20H,1-4,9-12H2/t14-,17+/m1/s1. The lowest BCUT2D eigenvalue weighted by Gasteiger charge is -2.39. The quantitative estimate of drug-likeness (QED) is 0.922. The summed E-state index contributed by atoms with van der Waals surface area (Å²) in [6, 6.07) is 8.84. The van der Waals surface area contributed by atoms with E-state index in [1.54, 1.807) is 0 Å². The normalized spacial score (nSPS) is 28.9. The molecule has 2 fully saturated rings. The van der Waals surface area contributed by atoms with Gasteiger partial charge in [0.2, 0.25) is 0 Å². The zero-order valence-corrected chi connectivity index (χ0v) is 12.7. The molecule has 0 bridgehead atoms. The van der Waals surface area contributed by atoms with Crippen LogP contribution in [-0.4, -0.2) is 35.2 Å². The van der Waals surface area contributed by atoms with Gasteiger partial charge >= 0.3 is 0 Å². The van der Waals surface area contributed by atoms with Crippen molar-refractivity contribution in [3.8, 4) is 0 Å². The summed E-state index contributed by atoms with van der Waals surface area (Å²) in [7, 11) is 0. The Kier molecular flexibility index (Phi) is 4.65. The molecule has 0 aromatic heterocycles. The van der Waals surface area contributed by atoms with Crippen LogP contribution in [0.25, 0.3) is 0 Å². The molecule has 0 unspecified atom stereocenters. The van der Waals surface area contributed by atoms with Crippen molar-refractivity contribution in [2.24, 2.45) is 5.92 Å². The van der Waals surface area contributed by atoms with Crippen molar-refractivity contribution in [1.29, 1.82) is 0 Å². The molecule has 1 aromatic carbocycles. The molecule has 1 saturated heterocycles. The molecule has 3 heteroatoms. The van der Waals surface area contributed by atoms with Crippen molar-refractivity contribution in [3.63, 3.8) is 0 Å². The van der Waals surface area contributed by atoms with Crippen LogP contribution in [0.4, 0.5) is 0 Å². The summed E-state index contributed by atoms with van der Waals surface area (Å²) >= 11 is 5.93. The summed E-state index contributed by atoms with van der Waals surface area (Å²) in [5, 5.41) is 11.1. The molecule has 0 amide bonds. The van der Waals surface area contributed by atoms with E-state index >= 15 is 0 Å². The van der Waals surface area contributed by atoms with Gasteiger partial charge in [0.15, 0.2) is 0 Å². The van der Waals surface area contributed by atoms with Gasteiger partial charge in [-0.1, -0.05) is 36.6 Å². The predicted octanol–water partition coefficient (Wildman–Crippen LogP) is 3.51. The van der Waals surface area contributed by atoms with Gasteiger partial charge in [0.25, 0.3) is 0 Å². The van der Waals surface area contributed by atoms with Crippen molar-refractivity contribution < 1.29 is 5.11 Å². The fraction of sp³-hybridized carbons (Fsp3) is 0.647. The van der Waals surface area contributed by atoms with E-state index in [4.69, 9.17) is 11.6 Å². The zero-order valence-electron chi connectivity index (χ0n) is 12.0. The first-order valence-corrected chi connectivity index (χ1v) is 8.27. The molecular formula is C17H24ClNO. The van der Waals surface area contributed by atoms with Gasteiger partial charge in [-0.3, -0.25) is 4.90 Å². The lowest BCUT2D eigenvalue weighted by atomic mass is 9.88. The van der Waals surface area contributed by atoms with Crippen molar-refractivity contribution in [1.82, 2.24) is 4.90 Å². The summed E-state index contributed by atoms with van der Waals surface area (Å²) in [6.45, 7) is 2.12. The Morgan fingerprint density at radius 1 is 1.10 bits per heavy atom. The molecule has 2 nitrogen and oxygen atoms in total. The molecule has 1 heterocycles. The highest BCUT2D eigenvalue weighted by atomic mass is 35.5. The zero-order chi connectivity index (χ0) is 13.9. The Bertz CT molecular complexity index is 427. The Morgan fingerprint density at radius 2 is 1.80 bits per heavy atom. The topological polar surface area (TPSA) is 23.5 Å². The van der Waals surface area contributed by atoms with Crippen LogP contribution in [0.5, 0.6) is 0 Å². The van der Waals surface area contributed by atoms with Gasteiger partial charge in [-0.15, -0.1) is 0 Å². The molecule has 110 valence electrons. The lowest BCUT2D eigenvalue weighted by molar-refractivity contribution is 0.0108. The van der Waals surface area contributed by atoms with Gasteiger partial charge in [0.1, 0.15) is 0 Å². The third kappa shape index (κ3) is 3.36. The molecule has 20 heavy (non-hydrogen) atoms. The summed E-state index contributed by atoms with van der Waals surface area (Å²) in [6.07, 6.45) is 7.20. The third-order valence-electron chi connectivity index (χ3n) is 4.98. The summed E-state index contributed by atoms with van der Waals surface area (Å²) < 4.78 is 0. The summed E-state index contributed by atoms with van der Waals surface area (Å²) in [5.41, 5.74) is 1.28. The fourth-order valence-corrected chi connectivity index (χ4v) is 3.90. The number of benzene rings is 1. The highest BCUT2D eigenvalue weighted by Crippen LogP contribution is 2.29. The Hall–Kier alpha value is -0.570. The van der Waals surface area contributed by atoms with Gasteiger partial charge in [0.05, 0.1) is 6.10 Å². The highest BCUT2D eigenvalue weighted by Gasteiger charge is 2.32. The molecule has 3 rings (SSSR count). The van der Waals surface area contributed by atoms with Crippen LogP contribution >= 0.6 is 11.6 Å². The number of hydrogen-bond donors (Lipinski definition) is 1. The smallest absolute Gasteiger partial charge is 0.0596 e. The van der Waals surface area contributed by atoms with Gasteiger partial charge in [-0.25, -0.2) is 0 Å². The summed E-state index contributed by atoms with van der Waals surface area (Å²) in [5.74, 6) is 0.366.